The first kappa shape index (κ1) is 22.7. The van der Waals surface area contributed by atoms with Gasteiger partial charge in [-0.1, -0.05) is 24.3 Å². The molecule has 172 valence electrons. The summed E-state index contributed by atoms with van der Waals surface area (Å²) >= 11 is 0. The maximum atomic E-state index is 11.5. The van der Waals surface area contributed by atoms with Crippen molar-refractivity contribution in [3.63, 3.8) is 0 Å². The number of nitrogens with two attached hydrogens (primary N) is 1. The summed E-state index contributed by atoms with van der Waals surface area (Å²) in [5, 5.41) is 0. The van der Waals surface area contributed by atoms with Gasteiger partial charge in [-0.3, -0.25) is 9.69 Å². The first-order chi connectivity index (χ1) is 15.9. The number of hydrogen-bond acceptors (Lipinski definition) is 6. The zero-order valence-electron chi connectivity index (χ0n) is 19.7. The molecule has 1 aliphatic rings. The Morgan fingerprint density at radius 1 is 1.21 bits per heavy atom. The Bertz CT molecular complexity index is 1140. The number of hydrogen-bond donors (Lipinski definition) is 1. The average molecular weight is 446 g/mol. The molecule has 1 saturated heterocycles. The van der Waals surface area contributed by atoms with Crippen LogP contribution in [-0.2, 0) is 6.54 Å². The van der Waals surface area contributed by atoms with Crippen LogP contribution >= 0.6 is 0 Å². The number of methoxy groups -OCH3 is 1. The molecule has 1 atom stereocenters. The second kappa shape index (κ2) is 9.58. The summed E-state index contributed by atoms with van der Waals surface area (Å²) in [5.41, 5.74) is 11.2. The summed E-state index contributed by atoms with van der Waals surface area (Å²) in [6.45, 7) is 3.85. The van der Waals surface area contributed by atoms with Gasteiger partial charge in [0.25, 0.3) is 0 Å². The lowest BCUT2D eigenvalue weighted by Gasteiger charge is -2.27. The van der Waals surface area contributed by atoms with Gasteiger partial charge in [0.05, 0.1) is 18.8 Å². The SMILES string of the molecule is COc1cc(C)ccc1CN1CCCC1c1nc(N(C)C)ncc1-c1ccc(C(N)=O)cc1. The lowest BCUT2D eigenvalue weighted by Crippen LogP contribution is -2.25. The molecule has 2 N–H and O–H groups in total. The second-order valence-electron chi connectivity index (χ2n) is 8.75. The molecule has 7 nitrogen and oxygen atoms in total. The fourth-order valence-electron chi connectivity index (χ4n) is 4.42. The fraction of sp³-hybridized carbons (Fsp3) is 0.346. The topological polar surface area (TPSA) is 84.6 Å². The van der Waals surface area contributed by atoms with Crippen molar-refractivity contribution in [2.24, 2.45) is 5.73 Å². The molecule has 7 heteroatoms. The minimum Gasteiger partial charge on any atom is -0.496 e. The Kier molecular flexibility index (Phi) is 6.60. The Hall–Kier alpha value is -3.45. The molecule has 33 heavy (non-hydrogen) atoms. The Morgan fingerprint density at radius 3 is 2.64 bits per heavy atom. The molecule has 1 aliphatic heterocycles. The molecular formula is C26H31N5O2. The molecule has 1 unspecified atom stereocenters. The number of nitrogens with zero attached hydrogens (tertiary/aromatic N) is 4. The Morgan fingerprint density at radius 2 is 1.97 bits per heavy atom. The molecule has 2 aromatic carbocycles. The zero-order chi connectivity index (χ0) is 23.5. The van der Waals surface area contributed by atoms with E-state index in [4.69, 9.17) is 15.5 Å². The number of aromatic nitrogens is 2. The van der Waals surface area contributed by atoms with E-state index >= 15 is 0 Å². The molecule has 0 bridgehead atoms. The molecule has 1 fully saturated rings. The van der Waals surface area contributed by atoms with Crippen LogP contribution in [-0.4, -0.2) is 48.5 Å². The van der Waals surface area contributed by atoms with E-state index in [1.165, 1.54) is 11.1 Å². The highest BCUT2D eigenvalue weighted by Crippen LogP contribution is 2.38. The quantitative estimate of drug-likeness (QED) is 0.593. The van der Waals surface area contributed by atoms with Crippen LogP contribution in [0, 0.1) is 6.92 Å². The van der Waals surface area contributed by atoms with Gasteiger partial charge in [-0.05, 0) is 55.6 Å². The normalized spacial score (nSPS) is 16.1. The van der Waals surface area contributed by atoms with Crippen molar-refractivity contribution in [2.45, 2.75) is 32.4 Å². The maximum absolute atomic E-state index is 11.5. The number of carbonyl (C=O) groups excluding carboxylic acids is 1. The summed E-state index contributed by atoms with van der Waals surface area (Å²) in [6, 6.07) is 13.9. The highest BCUT2D eigenvalue weighted by atomic mass is 16.5. The molecule has 2 heterocycles. The van der Waals surface area contributed by atoms with E-state index in [0.29, 0.717) is 11.5 Å². The van der Waals surface area contributed by atoms with E-state index in [-0.39, 0.29) is 6.04 Å². The maximum Gasteiger partial charge on any atom is 0.248 e. The van der Waals surface area contributed by atoms with Gasteiger partial charge < -0.3 is 15.4 Å². The minimum absolute atomic E-state index is 0.156. The third kappa shape index (κ3) is 4.83. The Balaban J connectivity index is 1.72. The highest BCUT2D eigenvalue weighted by Gasteiger charge is 2.31. The molecule has 0 spiro atoms. The van der Waals surface area contributed by atoms with Gasteiger partial charge in [-0.2, -0.15) is 0 Å². The predicted molar refractivity (Wildman–Crippen MR) is 130 cm³/mol. The van der Waals surface area contributed by atoms with Gasteiger partial charge in [0, 0.05) is 43.5 Å². The van der Waals surface area contributed by atoms with Gasteiger partial charge in [0.1, 0.15) is 5.75 Å². The number of carbonyl (C=O) groups is 1. The molecule has 4 rings (SSSR count). The van der Waals surface area contributed by atoms with Crippen LogP contribution < -0.4 is 15.4 Å². The number of anilines is 1. The van der Waals surface area contributed by atoms with Gasteiger partial charge in [-0.15, -0.1) is 0 Å². The van der Waals surface area contributed by atoms with Crippen LogP contribution in [0.2, 0.25) is 0 Å². The van der Waals surface area contributed by atoms with E-state index in [2.05, 4.69) is 35.0 Å². The highest BCUT2D eigenvalue weighted by molar-refractivity contribution is 5.93. The van der Waals surface area contributed by atoms with Crippen molar-refractivity contribution in [1.82, 2.24) is 14.9 Å². The zero-order valence-corrected chi connectivity index (χ0v) is 19.7. The van der Waals surface area contributed by atoms with Crippen LogP contribution in [0.1, 0.15) is 46.1 Å². The molecule has 0 saturated carbocycles. The van der Waals surface area contributed by atoms with Crippen LogP contribution in [0.3, 0.4) is 0 Å². The third-order valence-electron chi connectivity index (χ3n) is 6.18. The summed E-state index contributed by atoms with van der Waals surface area (Å²) in [5.74, 6) is 1.16. The van der Waals surface area contributed by atoms with Gasteiger partial charge >= 0.3 is 0 Å². The first-order valence-corrected chi connectivity index (χ1v) is 11.2. The average Bonchev–Trinajstić information content (AvgIpc) is 3.27. The number of rotatable bonds is 7. The number of ether oxygens (including phenoxy) is 1. The van der Waals surface area contributed by atoms with E-state index in [0.717, 1.165) is 48.5 Å². The summed E-state index contributed by atoms with van der Waals surface area (Å²) in [6.07, 6.45) is 4.00. The van der Waals surface area contributed by atoms with Crippen LogP contribution in [0.25, 0.3) is 11.1 Å². The summed E-state index contributed by atoms with van der Waals surface area (Å²) in [7, 11) is 5.62. The van der Waals surface area contributed by atoms with Crippen molar-refractivity contribution < 1.29 is 9.53 Å². The number of amides is 1. The predicted octanol–water partition coefficient (Wildman–Crippen LogP) is 3.96. The largest absolute Gasteiger partial charge is 0.496 e. The van der Waals surface area contributed by atoms with Crippen molar-refractivity contribution in [3.05, 3.63) is 71.0 Å². The molecule has 1 aromatic heterocycles. The summed E-state index contributed by atoms with van der Waals surface area (Å²) < 4.78 is 5.65. The van der Waals surface area contributed by atoms with Crippen LogP contribution in [0.5, 0.6) is 5.75 Å². The standard InChI is InChI=1S/C26H31N5O2/c1-17-7-8-20(23(14-17)33-4)16-31-13-5-6-22(31)24-21(15-28-26(29-24)30(2)3)18-9-11-19(12-10-18)25(27)32/h7-12,14-15,22H,5-6,13,16H2,1-4H3,(H2,27,32). The van der Waals surface area contributed by atoms with E-state index in [1.807, 2.05) is 37.3 Å². The van der Waals surface area contributed by atoms with Gasteiger partial charge in [0.2, 0.25) is 11.9 Å². The van der Waals surface area contributed by atoms with Crippen LogP contribution in [0.4, 0.5) is 5.95 Å². The van der Waals surface area contributed by atoms with Crippen LogP contribution in [0.15, 0.2) is 48.7 Å². The van der Waals surface area contributed by atoms with E-state index < -0.39 is 5.91 Å². The third-order valence-corrected chi connectivity index (χ3v) is 6.18. The molecule has 1 amide bonds. The van der Waals surface area contributed by atoms with Crippen molar-refractivity contribution >= 4 is 11.9 Å². The molecule has 0 radical (unpaired) electrons. The number of likely N-dealkylation sites (tertiary alicyclic amines) is 1. The number of aryl methyl sites for hydroxylation is 1. The fourth-order valence-corrected chi connectivity index (χ4v) is 4.42. The Labute approximate surface area is 195 Å². The van der Waals surface area contributed by atoms with Gasteiger partial charge in [-0.25, -0.2) is 9.97 Å². The monoisotopic (exact) mass is 445 g/mol. The van der Waals surface area contributed by atoms with Crippen molar-refractivity contribution in [3.8, 4) is 16.9 Å². The van der Waals surface area contributed by atoms with E-state index in [1.54, 1.807) is 19.2 Å². The second-order valence-corrected chi connectivity index (χ2v) is 8.75. The number of benzene rings is 2. The molecular weight excluding hydrogens is 414 g/mol. The van der Waals surface area contributed by atoms with Crippen molar-refractivity contribution in [2.75, 3.05) is 32.6 Å². The summed E-state index contributed by atoms with van der Waals surface area (Å²) in [4.78, 5) is 25.5. The first-order valence-electron chi connectivity index (χ1n) is 11.2. The lowest BCUT2D eigenvalue weighted by molar-refractivity contribution is 0.100. The van der Waals surface area contributed by atoms with Gasteiger partial charge in [0.15, 0.2) is 0 Å². The minimum atomic E-state index is -0.435. The smallest absolute Gasteiger partial charge is 0.248 e. The molecule has 0 aliphatic carbocycles. The number of primary amides is 1. The van der Waals surface area contributed by atoms with Crippen molar-refractivity contribution in [1.29, 1.82) is 0 Å². The molecule has 3 aromatic rings. The van der Waals surface area contributed by atoms with E-state index in [9.17, 15) is 4.79 Å². The lowest BCUT2D eigenvalue weighted by atomic mass is 9.98.